The molecule has 136 valence electrons. The average Bonchev–Trinajstić information content (AvgIpc) is 2.69. The Hall–Kier alpha value is -2.95. The summed E-state index contributed by atoms with van der Waals surface area (Å²) < 4.78 is 17.6. The summed E-state index contributed by atoms with van der Waals surface area (Å²) >= 11 is 5.58. The zero-order chi connectivity index (χ0) is 19.1. The topological polar surface area (TPSA) is 61.8 Å². The molecule has 0 unspecified atom stereocenters. The highest BCUT2D eigenvalue weighted by Gasteiger charge is 2.26. The summed E-state index contributed by atoms with van der Waals surface area (Å²) in [5.74, 6) is 1.35. The largest absolute Gasteiger partial charge is 0.490 e. The van der Waals surface area contributed by atoms with Gasteiger partial charge in [-0.25, -0.2) is 0 Å². The van der Waals surface area contributed by atoms with E-state index in [9.17, 15) is 9.59 Å². The quantitative estimate of drug-likeness (QED) is 0.390. The highest BCUT2D eigenvalue weighted by atomic mass is 32.5. The minimum atomic E-state index is -3.28. The number of hydrogen-bond donors (Lipinski definition) is 0. The predicted octanol–water partition coefficient (Wildman–Crippen LogP) is 5.07. The van der Waals surface area contributed by atoms with Gasteiger partial charge in [-0.1, -0.05) is 18.2 Å². The van der Waals surface area contributed by atoms with Gasteiger partial charge in [0.05, 0.1) is 0 Å². The van der Waals surface area contributed by atoms with Crippen molar-refractivity contribution in [1.82, 2.24) is 0 Å². The second-order valence-corrected chi connectivity index (χ2v) is 8.19. The molecule has 0 amide bonds. The maximum atomic E-state index is 10.8. The zero-order valence-electron chi connectivity index (χ0n) is 14.1. The molecule has 0 spiro atoms. The van der Waals surface area contributed by atoms with E-state index in [4.69, 9.17) is 25.4 Å². The van der Waals surface area contributed by atoms with Crippen molar-refractivity contribution in [1.29, 1.82) is 0 Å². The summed E-state index contributed by atoms with van der Waals surface area (Å²) in [7, 11) is 0. The molecular weight excluding hydrogens is 383 g/mol. The molecule has 0 fully saturated rings. The van der Waals surface area contributed by atoms with Crippen molar-refractivity contribution in [2.45, 2.75) is 0 Å². The fourth-order valence-corrected chi connectivity index (χ4v) is 4.17. The van der Waals surface area contributed by atoms with Crippen LogP contribution >= 0.6 is 6.72 Å². The molecule has 0 radical (unpaired) electrons. The summed E-state index contributed by atoms with van der Waals surface area (Å²) in [6.07, 6.45) is 1.48. The van der Waals surface area contributed by atoms with Gasteiger partial charge in [-0.05, 0) is 60.7 Å². The molecule has 0 heterocycles. The lowest BCUT2D eigenvalue weighted by Gasteiger charge is -2.23. The Morgan fingerprint density at radius 2 is 0.963 bits per heavy atom. The molecule has 0 N–H and O–H groups in total. The first kappa shape index (κ1) is 18.8. The third-order valence-corrected chi connectivity index (χ3v) is 5.40. The van der Waals surface area contributed by atoms with Crippen LogP contribution in [-0.2, 0) is 11.8 Å². The third-order valence-electron chi connectivity index (χ3n) is 3.43. The fourth-order valence-electron chi connectivity index (χ4n) is 2.14. The van der Waals surface area contributed by atoms with E-state index < -0.39 is 6.72 Å². The van der Waals surface area contributed by atoms with Gasteiger partial charge in [0.1, 0.15) is 29.8 Å². The van der Waals surface area contributed by atoms with E-state index in [2.05, 4.69) is 0 Å². The number of rotatable bonds is 8. The molecule has 3 aromatic carbocycles. The van der Waals surface area contributed by atoms with E-state index in [1.165, 1.54) is 0 Å². The molecule has 0 aromatic heterocycles. The first-order valence-corrected chi connectivity index (χ1v) is 10.5. The lowest BCUT2D eigenvalue weighted by molar-refractivity contribution is 0.111. The van der Waals surface area contributed by atoms with Crippen LogP contribution in [0.15, 0.2) is 78.9 Å². The van der Waals surface area contributed by atoms with Crippen LogP contribution in [-0.4, -0.2) is 12.6 Å². The third kappa shape index (κ3) is 5.26. The van der Waals surface area contributed by atoms with Crippen LogP contribution in [0, 0.1) is 0 Å². The average molecular weight is 398 g/mol. The number of hydrogen-bond acceptors (Lipinski definition) is 6. The van der Waals surface area contributed by atoms with Crippen LogP contribution < -0.4 is 13.6 Å². The van der Waals surface area contributed by atoms with E-state index in [1.54, 1.807) is 60.7 Å². The SMILES string of the molecule is O=Cc1ccc(OP(=S)(Oc2ccccc2)Oc2ccc(C=O)cc2)cc1. The second kappa shape index (κ2) is 8.62. The second-order valence-electron chi connectivity index (χ2n) is 5.41. The number of carbonyl (C=O) groups excluding carboxylic acids is 2. The van der Waals surface area contributed by atoms with Gasteiger partial charge in [-0.15, -0.1) is 0 Å². The number of carbonyl (C=O) groups is 2. The Labute approximate surface area is 161 Å². The summed E-state index contributed by atoms with van der Waals surface area (Å²) in [4.78, 5) is 21.6. The first-order valence-electron chi connectivity index (χ1n) is 7.94. The molecule has 5 nitrogen and oxygen atoms in total. The molecule has 7 heteroatoms. The Balaban J connectivity index is 1.87. The van der Waals surface area contributed by atoms with Gasteiger partial charge in [0.25, 0.3) is 0 Å². The molecule has 27 heavy (non-hydrogen) atoms. The smallest absolute Gasteiger partial charge is 0.407 e. The maximum absolute atomic E-state index is 10.8. The van der Waals surface area contributed by atoms with Crippen LogP contribution in [0.25, 0.3) is 0 Å². The van der Waals surface area contributed by atoms with E-state index in [1.807, 2.05) is 18.2 Å². The Morgan fingerprint density at radius 1 is 0.593 bits per heavy atom. The van der Waals surface area contributed by atoms with Crippen molar-refractivity contribution >= 4 is 31.1 Å². The maximum Gasteiger partial charge on any atom is 0.490 e. The summed E-state index contributed by atoms with van der Waals surface area (Å²) in [6, 6.07) is 21.9. The minimum absolute atomic E-state index is 0.421. The van der Waals surface area contributed by atoms with Crippen molar-refractivity contribution in [3.8, 4) is 17.2 Å². The summed E-state index contributed by atoms with van der Waals surface area (Å²) in [5, 5.41) is 0. The molecule has 0 aliphatic carbocycles. The predicted molar refractivity (Wildman–Crippen MR) is 106 cm³/mol. The van der Waals surface area contributed by atoms with E-state index in [-0.39, 0.29) is 0 Å². The van der Waals surface area contributed by atoms with Crippen LogP contribution in [0.4, 0.5) is 0 Å². The van der Waals surface area contributed by atoms with Gasteiger partial charge in [0.2, 0.25) is 0 Å². The van der Waals surface area contributed by atoms with Gasteiger partial charge in [0, 0.05) is 22.9 Å². The van der Waals surface area contributed by atoms with Gasteiger partial charge >= 0.3 is 6.72 Å². The Morgan fingerprint density at radius 3 is 1.33 bits per heavy atom. The number of benzene rings is 3. The standard InChI is InChI=1S/C20H15O5PS/c21-14-16-6-10-19(11-7-16)24-26(27,23-18-4-2-1-3-5-18)25-20-12-8-17(15-22)9-13-20/h1-15H. The molecule has 3 rings (SSSR count). The minimum Gasteiger partial charge on any atom is -0.407 e. The molecule has 3 aromatic rings. The van der Waals surface area contributed by atoms with Crippen molar-refractivity contribution in [2.24, 2.45) is 0 Å². The highest BCUT2D eigenvalue weighted by Crippen LogP contribution is 2.50. The van der Waals surface area contributed by atoms with Gasteiger partial charge < -0.3 is 13.6 Å². The van der Waals surface area contributed by atoms with Crippen molar-refractivity contribution in [3.05, 3.63) is 90.0 Å². The normalized spacial score (nSPS) is 10.7. The molecule has 0 saturated carbocycles. The van der Waals surface area contributed by atoms with Crippen molar-refractivity contribution < 1.29 is 23.2 Å². The summed E-state index contributed by atoms with van der Waals surface area (Å²) in [5.41, 5.74) is 1.04. The fraction of sp³-hybridized carbons (Fsp3) is 0. The lowest BCUT2D eigenvalue weighted by Crippen LogP contribution is -2.07. The van der Waals surface area contributed by atoms with Crippen molar-refractivity contribution in [2.75, 3.05) is 0 Å². The summed E-state index contributed by atoms with van der Waals surface area (Å²) in [6.45, 7) is -3.28. The van der Waals surface area contributed by atoms with Crippen LogP contribution in [0.3, 0.4) is 0 Å². The molecular formula is C20H15O5PS. The molecule has 0 aliphatic heterocycles. The van der Waals surface area contributed by atoms with Crippen LogP contribution in [0.1, 0.15) is 20.7 Å². The molecule has 0 aliphatic rings. The first-order chi connectivity index (χ1) is 13.1. The zero-order valence-corrected chi connectivity index (χ0v) is 15.8. The Bertz CT molecular complexity index is 898. The number of aldehydes is 2. The van der Waals surface area contributed by atoms with Gasteiger partial charge in [-0.2, -0.15) is 0 Å². The van der Waals surface area contributed by atoms with E-state index >= 15 is 0 Å². The lowest BCUT2D eigenvalue weighted by atomic mass is 10.2. The van der Waals surface area contributed by atoms with E-state index in [0.717, 1.165) is 12.6 Å². The Kier molecular flexibility index (Phi) is 6.01. The highest BCUT2D eigenvalue weighted by molar-refractivity contribution is 8.08. The molecule has 0 saturated heterocycles. The van der Waals surface area contributed by atoms with Crippen LogP contribution in [0.5, 0.6) is 17.2 Å². The van der Waals surface area contributed by atoms with Gasteiger partial charge in [-0.3, -0.25) is 9.59 Å². The molecule has 0 bridgehead atoms. The monoisotopic (exact) mass is 398 g/mol. The van der Waals surface area contributed by atoms with Crippen molar-refractivity contribution in [3.63, 3.8) is 0 Å². The van der Waals surface area contributed by atoms with E-state index in [0.29, 0.717) is 28.4 Å². The van der Waals surface area contributed by atoms with Gasteiger partial charge in [0.15, 0.2) is 0 Å². The van der Waals surface area contributed by atoms with Crippen LogP contribution in [0.2, 0.25) is 0 Å². The number of para-hydroxylation sites is 1. The molecule has 0 atom stereocenters.